The van der Waals surface area contributed by atoms with Crippen LogP contribution in [0.5, 0.6) is 0 Å². The van der Waals surface area contributed by atoms with Crippen LogP contribution in [0.4, 0.5) is 15.2 Å². The van der Waals surface area contributed by atoms with E-state index in [0.717, 1.165) is 11.8 Å². The van der Waals surface area contributed by atoms with Crippen LogP contribution in [0.15, 0.2) is 78.9 Å². The number of benzene rings is 3. The predicted molar refractivity (Wildman–Crippen MR) is 127 cm³/mol. The first kappa shape index (κ1) is 22.6. The average molecular weight is 483 g/mol. The lowest BCUT2D eigenvalue weighted by atomic mass is 10.2. The van der Waals surface area contributed by atoms with E-state index in [-0.39, 0.29) is 12.5 Å². The van der Waals surface area contributed by atoms with Crippen molar-refractivity contribution in [3.8, 4) is 10.6 Å². The van der Waals surface area contributed by atoms with E-state index in [1.165, 1.54) is 52.0 Å². The van der Waals surface area contributed by atoms with Gasteiger partial charge in [0.15, 0.2) is 0 Å². The van der Waals surface area contributed by atoms with E-state index in [1.807, 2.05) is 30.3 Å². The fraction of sp³-hybridized carbons (Fsp3) is 0.0870. The third kappa shape index (κ3) is 5.60. The molecule has 0 saturated carbocycles. The molecule has 4 rings (SSSR count). The van der Waals surface area contributed by atoms with Crippen molar-refractivity contribution in [2.75, 3.05) is 15.9 Å². The molecule has 1 amide bonds. The van der Waals surface area contributed by atoms with Crippen molar-refractivity contribution in [1.82, 2.24) is 10.2 Å². The van der Waals surface area contributed by atoms with Crippen LogP contribution in [0.25, 0.3) is 10.6 Å². The van der Waals surface area contributed by atoms with E-state index in [2.05, 4.69) is 15.5 Å². The van der Waals surface area contributed by atoms with Gasteiger partial charge in [-0.15, -0.1) is 10.2 Å². The minimum absolute atomic E-state index is 0.0394. The Balaban J connectivity index is 1.48. The maximum absolute atomic E-state index is 13.2. The first-order chi connectivity index (χ1) is 15.8. The van der Waals surface area contributed by atoms with Gasteiger partial charge in [0.2, 0.25) is 15.2 Å². The van der Waals surface area contributed by atoms with Gasteiger partial charge in [0.25, 0.3) is 5.91 Å². The maximum atomic E-state index is 13.2. The van der Waals surface area contributed by atoms with Gasteiger partial charge in [-0.2, -0.15) is 0 Å². The Morgan fingerprint density at radius 1 is 0.970 bits per heavy atom. The highest BCUT2D eigenvalue weighted by Crippen LogP contribution is 2.27. The summed E-state index contributed by atoms with van der Waals surface area (Å²) in [6.07, 6.45) is 1.09. The fourth-order valence-electron chi connectivity index (χ4n) is 3.08. The molecule has 0 saturated heterocycles. The van der Waals surface area contributed by atoms with E-state index in [4.69, 9.17) is 0 Å². The van der Waals surface area contributed by atoms with Crippen molar-refractivity contribution in [3.63, 3.8) is 0 Å². The number of carbonyl (C=O) groups excluding carboxylic acids is 1. The number of halogens is 1. The molecule has 168 valence electrons. The lowest BCUT2D eigenvalue weighted by Gasteiger charge is -2.22. The Kier molecular flexibility index (Phi) is 6.47. The van der Waals surface area contributed by atoms with E-state index in [0.29, 0.717) is 27.0 Å². The fourth-order valence-corrected chi connectivity index (χ4v) is 4.71. The summed E-state index contributed by atoms with van der Waals surface area (Å²) >= 11 is 1.25. The normalized spacial score (nSPS) is 11.2. The molecule has 0 aliphatic rings. The lowest BCUT2D eigenvalue weighted by Crippen LogP contribution is -2.29. The van der Waals surface area contributed by atoms with Gasteiger partial charge in [-0.1, -0.05) is 53.8 Å². The number of aromatic nitrogens is 2. The van der Waals surface area contributed by atoms with Crippen molar-refractivity contribution in [2.24, 2.45) is 0 Å². The SMILES string of the molecule is CS(=O)(=O)N(Cc1ccc(F)cc1)c1ccc(C(=O)Nc2nnc(-c3ccccc3)s2)cc1. The summed E-state index contributed by atoms with van der Waals surface area (Å²) < 4.78 is 39.0. The second-order valence-corrected chi connectivity index (χ2v) is 10.1. The zero-order valence-corrected chi connectivity index (χ0v) is 19.1. The Hall–Kier alpha value is -3.63. The summed E-state index contributed by atoms with van der Waals surface area (Å²) in [4.78, 5) is 12.6. The molecule has 0 spiro atoms. The van der Waals surface area contributed by atoms with Gasteiger partial charge >= 0.3 is 0 Å². The predicted octanol–water partition coefficient (Wildman–Crippen LogP) is 4.56. The molecule has 0 unspecified atom stereocenters. The zero-order chi connectivity index (χ0) is 23.4. The van der Waals surface area contributed by atoms with Gasteiger partial charge in [0, 0.05) is 11.1 Å². The van der Waals surface area contributed by atoms with Crippen LogP contribution in [-0.2, 0) is 16.6 Å². The highest BCUT2D eigenvalue weighted by Gasteiger charge is 2.19. The van der Waals surface area contributed by atoms with Crippen molar-refractivity contribution < 1.29 is 17.6 Å². The highest BCUT2D eigenvalue weighted by atomic mass is 32.2. The molecular formula is C23H19FN4O3S2. The van der Waals surface area contributed by atoms with Crippen LogP contribution < -0.4 is 9.62 Å². The average Bonchev–Trinajstić information content (AvgIpc) is 3.27. The number of amides is 1. The summed E-state index contributed by atoms with van der Waals surface area (Å²) in [5, 5.41) is 11.9. The number of nitrogens with one attached hydrogen (secondary N) is 1. The van der Waals surface area contributed by atoms with E-state index >= 15 is 0 Å². The van der Waals surface area contributed by atoms with Crippen molar-refractivity contribution in [2.45, 2.75) is 6.54 Å². The van der Waals surface area contributed by atoms with Gasteiger partial charge in [-0.25, -0.2) is 12.8 Å². The molecule has 1 heterocycles. The minimum Gasteiger partial charge on any atom is -0.296 e. The van der Waals surface area contributed by atoms with E-state index in [1.54, 1.807) is 12.1 Å². The van der Waals surface area contributed by atoms with Crippen LogP contribution in [0.1, 0.15) is 15.9 Å². The Morgan fingerprint density at radius 3 is 2.27 bits per heavy atom. The van der Waals surface area contributed by atoms with Gasteiger partial charge < -0.3 is 0 Å². The van der Waals surface area contributed by atoms with Gasteiger partial charge in [-0.3, -0.25) is 14.4 Å². The Labute approximate surface area is 194 Å². The molecule has 10 heteroatoms. The molecular weight excluding hydrogens is 463 g/mol. The summed E-state index contributed by atoms with van der Waals surface area (Å²) in [6, 6.07) is 21.3. The molecule has 0 atom stereocenters. The first-order valence-corrected chi connectivity index (χ1v) is 12.5. The number of rotatable bonds is 7. The summed E-state index contributed by atoms with van der Waals surface area (Å²) in [5.41, 5.74) is 2.27. The monoisotopic (exact) mass is 482 g/mol. The zero-order valence-electron chi connectivity index (χ0n) is 17.5. The van der Waals surface area contributed by atoms with Gasteiger partial charge in [0.1, 0.15) is 10.8 Å². The Bertz CT molecular complexity index is 1360. The van der Waals surface area contributed by atoms with E-state index in [9.17, 15) is 17.6 Å². The molecule has 33 heavy (non-hydrogen) atoms. The molecule has 4 aromatic rings. The number of carbonyl (C=O) groups is 1. The van der Waals surface area contributed by atoms with Crippen LogP contribution in [0.2, 0.25) is 0 Å². The topological polar surface area (TPSA) is 92.3 Å². The smallest absolute Gasteiger partial charge is 0.257 e. The molecule has 3 aromatic carbocycles. The van der Waals surface area contributed by atoms with Crippen LogP contribution in [-0.4, -0.2) is 30.8 Å². The van der Waals surface area contributed by atoms with Crippen molar-refractivity contribution >= 4 is 38.1 Å². The lowest BCUT2D eigenvalue weighted by molar-refractivity contribution is 0.102. The number of anilines is 2. The number of hydrogen-bond donors (Lipinski definition) is 1. The molecule has 0 aliphatic heterocycles. The van der Waals surface area contributed by atoms with Crippen molar-refractivity contribution in [1.29, 1.82) is 0 Å². The molecule has 1 N–H and O–H groups in total. The largest absolute Gasteiger partial charge is 0.296 e. The van der Waals surface area contributed by atoms with Gasteiger partial charge in [0.05, 0.1) is 18.5 Å². The molecule has 0 aliphatic carbocycles. The minimum atomic E-state index is -3.61. The molecule has 1 aromatic heterocycles. The second kappa shape index (κ2) is 9.47. The van der Waals surface area contributed by atoms with Crippen molar-refractivity contribution in [3.05, 3.63) is 95.8 Å². The summed E-state index contributed by atoms with van der Waals surface area (Å²) in [7, 11) is -3.61. The standard InChI is InChI=1S/C23H19FN4O3S2/c1-33(30,31)28(15-16-7-11-19(24)12-8-16)20-13-9-17(10-14-20)21(29)25-23-27-26-22(32-23)18-5-3-2-4-6-18/h2-14H,15H2,1H3,(H,25,27,29). The third-order valence-corrected chi connectivity index (χ3v) is 6.75. The quantitative estimate of drug-likeness (QED) is 0.417. The number of hydrogen-bond acceptors (Lipinski definition) is 6. The first-order valence-electron chi connectivity index (χ1n) is 9.82. The number of sulfonamides is 1. The maximum Gasteiger partial charge on any atom is 0.257 e. The van der Waals surface area contributed by atoms with Crippen LogP contribution in [0, 0.1) is 5.82 Å². The molecule has 0 bridgehead atoms. The van der Waals surface area contributed by atoms with Crippen LogP contribution >= 0.6 is 11.3 Å². The molecule has 7 nitrogen and oxygen atoms in total. The molecule has 0 radical (unpaired) electrons. The summed E-state index contributed by atoms with van der Waals surface area (Å²) in [6.45, 7) is 0.0394. The van der Waals surface area contributed by atoms with Gasteiger partial charge in [-0.05, 0) is 42.0 Å². The Morgan fingerprint density at radius 2 is 1.64 bits per heavy atom. The molecule has 0 fully saturated rings. The van der Waals surface area contributed by atoms with Crippen LogP contribution in [0.3, 0.4) is 0 Å². The number of nitrogens with zero attached hydrogens (tertiary/aromatic N) is 3. The highest BCUT2D eigenvalue weighted by molar-refractivity contribution is 7.92. The third-order valence-electron chi connectivity index (χ3n) is 4.72. The van der Waals surface area contributed by atoms with E-state index < -0.39 is 15.8 Å². The summed E-state index contributed by atoms with van der Waals surface area (Å²) in [5.74, 6) is -0.784. The second-order valence-electron chi connectivity index (χ2n) is 7.18.